The van der Waals surface area contributed by atoms with Crippen LogP contribution in [0.4, 0.5) is 5.69 Å². The van der Waals surface area contributed by atoms with Crippen LogP contribution in [-0.4, -0.2) is 0 Å². The summed E-state index contributed by atoms with van der Waals surface area (Å²) in [6.07, 6.45) is 0. The summed E-state index contributed by atoms with van der Waals surface area (Å²) in [7, 11) is 0. The van der Waals surface area contributed by atoms with Crippen LogP contribution in [0.15, 0.2) is 113 Å². The predicted molar refractivity (Wildman–Crippen MR) is 135 cm³/mol. The molecule has 6 aromatic carbocycles. The average molecular weight is 411 g/mol. The maximum Gasteiger partial charge on any atom is 0.0933 e. The molecule has 0 atom stereocenters. The summed E-state index contributed by atoms with van der Waals surface area (Å²) in [5.41, 5.74) is 5.63. The van der Waals surface area contributed by atoms with Crippen LogP contribution in [0.3, 0.4) is 0 Å². The van der Waals surface area contributed by atoms with Crippen LogP contribution < -0.4 is 0 Å². The Morgan fingerprint density at radius 2 is 1.28 bits per heavy atom. The van der Waals surface area contributed by atoms with Crippen molar-refractivity contribution in [3.63, 3.8) is 0 Å². The lowest BCUT2D eigenvalue weighted by atomic mass is 9.92. The minimum Gasteiger partial charge on any atom is -0.184 e. The molecular formula is C30H22N2. The molecule has 2 nitrogen and oxygen atoms in total. The van der Waals surface area contributed by atoms with E-state index in [1.807, 2.05) is 18.2 Å². The standard InChI is InChI=1S/C30H22N2/c1-20-7-5-12-27(28(20)21-8-3-2-4-9-21)32-31-19-25-16-15-24-14-13-22-10-6-11-23-17-18-26(25)30(24)29(22)23/h2-18H,19H2,1H3. The first-order chi connectivity index (χ1) is 15.8. The van der Waals surface area contributed by atoms with Gasteiger partial charge in [-0.25, -0.2) is 0 Å². The minimum atomic E-state index is 0.552. The highest BCUT2D eigenvalue weighted by Crippen LogP contribution is 2.37. The molecule has 32 heavy (non-hydrogen) atoms. The van der Waals surface area contributed by atoms with E-state index in [9.17, 15) is 0 Å². The molecule has 0 spiro atoms. The molecule has 0 aliphatic rings. The van der Waals surface area contributed by atoms with Crippen LogP contribution in [0.2, 0.25) is 0 Å². The lowest BCUT2D eigenvalue weighted by Crippen LogP contribution is -1.89. The van der Waals surface area contributed by atoms with E-state index in [0.29, 0.717) is 6.54 Å². The van der Waals surface area contributed by atoms with Gasteiger partial charge in [-0.05, 0) is 62.0 Å². The van der Waals surface area contributed by atoms with Gasteiger partial charge in [0.25, 0.3) is 0 Å². The molecule has 0 aromatic heterocycles. The zero-order valence-corrected chi connectivity index (χ0v) is 17.9. The summed E-state index contributed by atoms with van der Waals surface area (Å²) in [4.78, 5) is 0. The fourth-order valence-electron chi connectivity index (χ4n) is 4.84. The summed E-state index contributed by atoms with van der Waals surface area (Å²) in [6, 6.07) is 36.4. The highest BCUT2D eigenvalue weighted by Gasteiger charge is 2.11. The van der Waals surface area contributed by atoms with E-state index in [2.05, 4.69) is 102 Å². The number of azo groups is 1. The summed E-state index contributed by atoms with van der Waals surface area (Å²) >= 11 is 0. The smallest absolute Gasteiger partial charge is 0.0933 e. The van der Waals surface area contributed by atoms with E-state index in [1.54, 1.807) is 0 Å². The average Bonchev–Trinajstić information content (AvgIpc) is 2.84. The van der Waals surface area contributed by atoms with E-state index < -0.39 is 0 Å². The number of hydrogen-bond donors (Lipinski definition) is 0. The second-order valence-electron chi connectivity index (χ2n) is 8.32. The number of nitrogens with zero attached hydrogens (tertiary/aromatic N) is 2. The topological polar surface area (TPSA) is 24.7 Å². The molecule has 0 aliphatic carbocycles. The Hall–Kier alpha value is -4.04. The lowest BCUT2D eigenvalue weighted by Gasteiger charge is -2.13. The van der Waals surface area contributed by atoms with Crippen molar-refractivity contribution >= 4 is 38.0 Å². The molecule has 0 radical (unpaired) electrons. The molecule has 0 bridgehead atoms. The molecule has 0 unspecified atom stereocenters. The van der Waals surface area contributed by atoms with Gasteiger partial charge >= 0.3 is 0 Å². The van der Waals surface area contributed by atoms with Gasteiger partial charge in [0.1, 0.15) is 0 Å². The fourth-order valence-corrected chi connectivity index (χ4v) is 4.84. The maximum atomic E-state index is 4.67. The van der Waals surface area contributed by atoms with Crippen LogP contribution in [0.1, 0.15) is 11.1 Å². The SMILES string of the molecule is Cc1cccc(N=NCc2ccc3ccc4cccc5ccc2c3c45)c1-c1ccccc1. The maximum absolute atomic E-state index is 4.67. The van der Waals surface area contributed by atoms with E-state index in [0.717, 1.165) is 11.3 Å². The van der Waals surface area contributed by atoms with E-state index in [1.165, 1.54) is 49.0 Å². The summed E-state index contributed by atoms with van der Waals surface area (Å²) in [6.45, 7) is 2.68. The Balaban J connectivity index is 1.42. The zero-order chi connectivity index (χ0) is 21.5. The second kappa shape index (κ2) is 7.58. The van der Waals surface area contributed by atoms with Crippen molar-refractivity contribution in [2.24, 2.45) is 10.2 Å². The van der Waals surface area contributed by atoms with Crippen molar-refractivity contribution in [2.75, 3.05) is 0 Å². The summed E-state index contributed by atoms with van der Waals surface area (Å²) in [5, 5.41) is 17.1. The van der Waals surface area contributed by atoms with E-state index in [4.69, 9.17) is 0 Å². The molecule has 0 amide bonds. The van der Waals surface area contributed by atoms with Crippen LogP contribution in [-0.2, 0) is 6.54 Å². The largest absolute Gasteiger partial charge is 0.184 e. The normalized spacial score (nSPS) is 11.9. The van der Waals surface area contributed by atoms with Gasteiger partial charge in [-0.1, -0.05) is 97.1 Å². The molecule has 2 heteroatoms. The summed E-state index contributed by atoms with van der Waals surface area (Å²) in [5.74, 6) is 0. The highest BCUT2D eigenvalue weighted by atomic mass is 15.1. The Kier molecular flexibility index (Phi) is 4.43. The second-order valence-corrected chi connectivity index (χ2v) is 8.32. The van der Waals surface area contributed by atoms with Crippen molar-refractivity contribution < 1.29 is 0 Å². The van der Waals surface area contributed by atoms with Crippen LogP contribution in [0, 0.1) is 6.92 Å². The molecule has 0 heterocycles. The quantitative estimate of drug-likeness (QED) is 0.205. The molecule has 6 rings (SSSR count). The van der Waals surface area contributed by atoms with Crippen molar-refractivity contribution in [3.05, 3.63) is 114 Å². The van der Waals surface area contributed by atoms with Gasteiger partial charge in [0, 0.05) is 5.56 Å². The molecule has 0 saturated heterocycles. The monoisotopic (exact) mass is 410 g/mol. The third-order valence-electron chi connectivity index (χ3n) is 6.35. The van der Waals surface area contributed by atoms with Gasteiger partial charge in [-0.2, -0.15) is 10.2 Å². The zero-order valence-electron chi connectivity index (χ0n) is 17.9. The molecule has 0 aliphatic heterocycles. The van der Waals surface area contributed by atoms with Crippen LogP contribution in [0.5, 0.6) is 0 Å². The van der Waals surface area contributed by atoms with Gasteiger partial charge in [0.2, 0.25) is 0 Å². The van der Waals surface area contributed by atoms with Gasteiger partial charge in [0.05, 0.1) is 12.2 Å². The highest BCUT2D eigenvalue weighted by molar-refractivity contribution is 6.23. The Bertz CT molecular complexity index is 1580. The van der Waals surface area contributed by atoms with Gasteiger partial charge in [-0.15, -0.1) is 0 Å². The third-order valence-corrected chi connectivity index (χ3v) is 6.35. The minimum absolute atomic E-state index is 0.552. The first kappa shape index (κ1) is 18.7. The Morgan fingerprint density at radius 1 is 0.594 bits per heavy atom. The molecule has 6 aromatic rings. The van der Waals surface area contributed by atoms with Crippen molar-refractivity contribution in [2.45, 2.75) is 13.5 Å². The fraction of sp³-hybridized carbons (Fsp3) is 0.0667. The van der Waals surface area contributed by atoms with Crippen molar-refractivity contribution in [1.82, 2.24) is 0 Å². The Morgan fingerprint density at radius 3 is 2.09 bits per heavy atom. The van der Waals surface area contributed by atoms with E-state index >= 15 is 0 Å². The Labute approximate surface area is 187 Å². The van der Waals surface area contributed by atoms with Gasteiger partial charge in [-0.3, -0.25) is 0 Å². The number of hydrogen-bond acceptors (Lipinski definition) is 2. The molecule has 0 fully saturated rings. The first-order valence-electron chi connectivity index (χ1n) is 11.0. The first-order valence-corrected chi connectivity index (χ1v) is 11.0. The van der Waals surface area contributed by atoms with E-state index in [-0.39, 0.29) is 0 Å². The molecular weight excluding hydrogens is 388 g/mol. The van der Waals surface area contributed by atoms with Gasteiger partial charge in [0.15, 0.2) is 0 Å². The number of aryl methyl sites for hydroxylation is 1. The molecule has 0 N–H and O–H groups in total. The number of benzene rings is 6. The van der Waals surface area contributed by atoms with Crippen molar-refractivity contribution in [1.29, 1.82) is 0 Å². The third kappa shape index (κ3) is 3.04. The van der Waals surface area contributed by atoms with Crippen molar-refractivity contribution in [3.8, 4) is 11.1 Å². The molecule has 152 valence electrons. The lowest BCUT2D eigenvalue weighted by molar-refractivity contribution is 0.968. The van der Waals surface area contributed by atoms with Crippen LogP contribution >= 0.6 is 0 Å². The van der Waals surface area contributed by atoms with Crippen LogP contribution in [0.25, 0.3) is 43.4 Å². The number of rotatable bonds is 4. The molecule has 0 saturated carbocycles. The summed E-state index contributed by atoms with van der Waals surface area (Å²) < 4.78 is 0. The van der Waals surface area contributed by atoms with Gasteiger partial charge < -0.3 is 0 Å². The predicted octanol–water partition coefficient (Wildman–Crippen LogP) is 8.84.